The Bertz CT molecular complexity index is 333. The number of aromatic nitrogens is 2. The molecular formula is C9H14N2O3. The van der Waals surface area contributed by atoms with Crippen LogP contribution < -0.4 is 0 Å². The molecule has 2 N–H and O–H groups in total. The molecule has 0 spiro atoms. The maximum atomic E-state index is 10.4. The first-order valence-corrected chi connectivity index (χ1v) is 4.46. The zero-order valence-electron chi connectivity index (χ0n) is 8.27. The molecule has 1 aromatic heterocycles. The molecule has 0 saturated carbocycles. The van der Waals surface area contributed by atoms with Gasteiger partial charge >= 0.3 is 5.97 Å². The van der Waals surface area contributed by atoms with Gasteiger partial charge in [-0.3, -0.25) is 4.68 Å². The highest BCUT2D eigenvalue weighted by molar-refractivity contribution is 5.72. The van der Waals surface area contributed by atoms with Crippen LogP contribution in [0.2, 0.25) is 0 Å². The Labute approximate surface area is 82.0 Å². The van der Waals surface area contributed by atoms with Crippen molar-refractivity contribution in [2.75, 3.05) is 0 Å². The van der Waals surface area contributed by atoms with E-state index >= 15 is 0 Å². The number of carbonyl (C=O) groups is 1. The lowest BCUT2D eigenvalue weighted by molar-refractivity contribution is -0.146. The van der Waals surface area contributed by atoms with Crippen LogP contribution in [0.25, 0.3) is 0 Å². The van der Waals surface area contributed by atoms with Crippen molar-refractivity contribution < 1.29 is 15.0 Å². The number of carboxylic acids is 1. The number of hydrogen-bond donors (Lipinski definition) is 2. The second-order valence-electron chi connectivity index (χ2n) is 3.19. The fourth-order valence-electron chi connectivity index (χ4n) is 1.35. The van der Waals surface area contributed by atoms with E-state index in [1.165, 1.54) is 0 Å². The van der Waals surface area contributed by atoms with Gasteiger partial charge in [0.1, 0.15) is 0 Å². The minimum atomic E-state index is -1.34. The zero-order valence-corrected chi connectivity index (χ0v) is 8.27. The average molecular weight is 198 g/mol. The molecule has 1 atom stereocenters. The van der Waals surface area contributed by atoms with Crippen LogP contribution in [0.5, 0.6) is 0 Å². The lowest BCUT2D eigenvalue weighted by atomic mass is 10.1. The standard InChI is InChI=1S/C9H14N2O3/c1-3-7-6(5-11(2)10-7)4-8(12)9(13)14/h5,8,12H,3-4H2,1-2H3,(H,13,14). The van der Waals surface area contributed by atoms with E-state index in [2.05, 4.69) is 5.10 Å². The fourth-order valence-corrected chi connectivity index (χ4v) is 1.35. The first kappa shape index (κ1) is 10.7. The number of aliphatic carboxylic acids is 1. The van der Waals surface area contributed by atoms with Crippen LogP contribution in [-0.4, -0.2) is 32.1 Å². The van der Waals surface area contributed by atoms with Crippen molar-refractivity contribution in [3.05, 3.63) is 17.5 Å². The maximum absolute atomic E-state index is 10.4. The Morgan fingerprint density at radius 2 is 2.36 bits per heavy atom. The van der Waals surface area contributed by atoms with E-state index in [1.807, 2.05) is 6.92 Å². The molecule has 0 radical (unpaired) electrons. The Hall–Kier alpha value is -1.36. The van der Waals surface area contributed by atoms with Crippen LogP contribution in [0.1, 0.15) is 18.2 Å². The van der Waals surface area contributed by atoms with Crippen molar-refractivity contribution in [3.63, 3.8) is 0 Å². The van der Waals surface area contributed by atoms with Gasteiger partial charge in [-0.25, -0.2) is 4.79 Å². The highest BCUT2D eigenvalue weighted by atomic mass is 16.4. The SMILES string of the molecule is CCc1nn(C)cc1CC(O)C(=O)O. The van der Waals surface area contributed by atoms with E-state index in [-0.39, 0.29) is 6.42 Å². The summed E-state index contributed by atoms with van der Waals surface area (Å²) in [4.78, 5) is 10.4. The molecule has 0 aliphatic heterocycles. The molecule has 5 nitrogen and oxygen atoms in total. The van der Waals surface area contributed by atoms with E-state index in [9.17, 15) is 9.90 Å². The van der Waals surface area contributed by atoms with E-state index in [4.69, 9.17) is 5.11 Å². The van der Waals surface area contributed by atoms with Crippen LogP contribution in [-0.2, 0) is 24.7 Å². The van der Waals surface area contributed by atoms with E-state index in [1.54, 1.807) is 17.9 Å². The van der Waals surface area contributed by atoms with Crippen LogP contribution in [0.3, 0.4) is 0 Å². The van der Waals surface area contributed by atoms with Gasteiger partial charge in [0.05, 0.1) is 5.69 Å². The van der Waals surface area contributed by atoms with E-state index < -0.39 is 12.1 Å². The van der Waals surface area contributed by atoms with E-state index in [0.717, 1.165) is 17.7 Å². The van der Waals surface area contributed by atoms with Crippen molar-refractivity contribution in [2.45, 2.75) is 25.9 Å². The number of aryl methyl sites for hydroxylation is 2. The summed E-state index contributed by atoms with van der Waals surface area (Å²) in [6, 6.07) is 0. The summed E-state index contributed by atoms with van der Waals surface area (Å²) in [7, 11) is 1.77. The first-order chi connectivity index (χ1) is 6.54. The van der Waals surface area contributed by atoms with E-state index in [0.29, 0.717) is 0 Å². The molecule has 0 amide bonds. The molecule has 0 aromatic carbocycles. The minimum absolute atomic E-state index is 0.117. The third-order valence-corrected chi connectivity index (χ3v) is 2.02. The monoisotopic (exact) mass is 198 g/mol. The van der Waals surface area contributed by atoms with Gasteiger partial charge in [-0.15, -0.1) is 0 Å². The van der Waals surface area contributed by atoms with Gasteiger partial charge in [-0.2, -0.15) is 5.10 Å². The predicted molar refractivity (Wildman–Crippen MR) is 49.9 cm³/mol. The summed E-state index contributed by atoms with van der Waals surface area (Å²) in [6.07, 6.45) is 1.25. The number of aliphatic hydroxyl groups is 1. The molecule has 78 valence electrons. The second kappa shape index (κ2) is 4.23. The van der Waals surface area contributed by atoms with Crippen molar-refractivity contribution in [3.8, 4) is 0 Å². The summed E-state index contributed by atoms with van der Waals surface area (Å²) in [6.45, 7) is 1.94. The topological polar surface area (TPSA) is 75.3 Å². The zero-order chi connectivity index (χ0) is 10.7. The van der Waals surface area contributed by atoms with Crippen LogP contribution in [0.4, 0.5) is 0 Å². The maximum Gasteiger partial charge on any atom is 0.332 e. The summed E-state index contributed by atoms with van der Waals surface area (Å²) in [5, 5.41) is 21.9. The van der Waals surface area contributed by atoms with Crippen molar-refractivity contribution in [2.24, 2.45) is 7.05 Å². The average Bonchev–Trinajstić information content (AvgIpc) is 2.45. The molecule has 0 fully saturated rings. The lowest BCUT2D eigenvalue weighted by Crippen LogP contribution is -2.22. The van der Waals surface area contributed by atoms with Gasteiger partial charge in [0, 0.05) is 19.7 Å². The first-order valence-electron chi connectivity index (χ1n) is 4.46. The number of rotatable bonds is 4. The smallest absolute Gasteiger partial charge is 0.332 e. The van der Waals surface area contributed by atoms with Crippen LogP contribution in [0, 0.1) is 0 Å². The third kappa shape index (κ3) is 2.32. The molecule has 14 heavy (non-hydrogen) atoms. The highest BCUT2D eigenvalue weighted by Gasteiger charge is 2.17. The molecule has 0 bridgehead atoms. The molecule has 1 aromatic rings. The number of nitrogens with zero attached hydrogens (tertiary/aromatic N) is 2. The molecular weight excluding hydrogens is 184 g/mol. The summed E-state index contributed by atoms with van der Waals surface area (Å²) >= 11 is 0. The molecule has 0 saturated heterocycles. The van der Waals surface area contributed by atoms with Crippen molar-refractivity contribution in [1.82, 2.24) is 9.78 Å². The molecule has 0 aliphatic rings. The molecule has 1 rings (SSSR count). The van der Waals surface area contributed by atoms with Crippen molar-refractivity contribution >= 4 is 5.97 Å². The van der Waals surface area contributed by atoms with Gasteiger partial charge < -0.3 is 10.2 Å². The highest BCUT2D eigenvalue weighted by Crippen LogP contribution is 2.10. The van der Waals surface area contributed by atoms with Crippen LogP contribution in [0.15, 0.2) is 6.20 Å². The molecule has 1 heterocycles. The summed E-state index contributed by atoms with van der Waals surface area (Å²) < 4.78 is 1.63. The number of hydrogen-bond acceptors (Lipinski definition) is 3. The molecule has 1 unspecified atom stereocenters. The van der Waals surface area contributed by atoms with Gasteiger partial charge in [0.2, 0.25) is 0 Å². The van der Waals surface area contributed by atoms with Gasteiger partial charge in [0.15, 0.2) is 6.10 Å². The quantitative estimate of drug-likeness (QED) is 0.712. The minimum Gasteiger partial charge on any atom is -0.479 e. The normalized spacial score (nSPS) is 12.8. The Morgan fingerprint density at radius 1 is 1.71 bits per heavy atom. The summed E-state index contributed by atoms with van der Waals surface area (Å²) in [5.74, 6) is -1.20. The van der Waals surface area contributed by atoms with Crippen LogP contribution >= 0.6 is 0 Å². The predicted octanol–water partition coefficient (Wildman–Crippen LogP) is -0.0295. The van der Waals surface area contributed by atoms with Gasteiger partial charge in [-0.05, 0) is 12.0 Å². The molecule has 0 aliphatic carbocycles. The third-order valence-electron chi connectivity index (χ3n) is 2.02. The number of carboxylic acid groups (broad SMARTS) is 1. The summed E-state index contributed by atoms with van der Waals surface area (Å²) in [5.41, 5.74) is 1.64. The molecule has 5 heteroatoms. The largest absolute Gasteiger partial charge is 0.479 e. The lowest BCUT2D eigenvalue weighted by Gasteiger charge is -2.03. The Kier molecular flexibility index (Phi) is 3.24. The second-order valence-corrected chi connectivity index (χ2v) is 3.19. The van der Waals surface area contributed by atoms with Gasteiger partial charge in [-0.1, -0.05) is 6.92 Å². The number of aliphatic hydroxyl groups excluding tert-OH is 1. The Morgan fingerprint density at radius 3 is 2.86 bits per heavy atom. The van der Waals surface area contributed by atoms with Gasteiger partial charge in [0.25, 0.3) is 0 Å². The fraction of sp³-hybridized carbons (Fsp3) is 0.556. The van der Waals surface area contributed by atoms with Crippen molar-refractivity contribution in [1.29, 1.82) is 0 Å². The Balaban J connectivity index is 2.79.